The van der Waals surface area contributed by atoms with E-state index in [1.807, 2.05) is 12.1 Å². The Bertz CT molecular complexity index is 1020. The fraction of sp³-hybridized carbons (Fsp3) is 0.312. The van der Waals surface area contributed by atoms with E-state index in [4.69, 9.17) is 17.0 Å². The Morgan fingerprint density at radius 1 is 1.50 bits per heavy atom. The molecule has 0 bridgehead atoms. The van der Waals surface area contributed by atoms with Gasteiger partial charge in [-0.2, -0.15) is 0 Å². The van der Waals surface area contributed by atoms with Crippen LogP contribution in [0.25, 0.3) is 5.57 Å². The Morgan fingerprint density at radius 3 is 3.08 bits per heavy atom. The zero-order valence-corrected chi connectivity index (χ0v) is 15.7. The summed E-state index contributed by atoms with van der Waals surface area (Å²) in [5.74, 6) is -0.328. The molecule has 0 unspecified atom stereocenters. The number of rotatable bonds is 3. The van der Waals surface area contributed by atoms with Crippen LogP contribution >= 0.6 is 39.5 Å². The second-order valence-corrected chi connectivity index (χ2v) is 8.28. The Morgan fingerprint density at radius 2 is 2.33 bits per heavy atom. The summed E-state index contributed by atoms with van der Waals surface area (Å²) in [6, 6.07) is 5.46. The Kier molecular flexibility index (Phi) is 4.16. The molecule has 4 rings (SSSR count). The molecule has 0 aliphatic carbocycles. The molecule has 24 heavy (non-hydrogen) atoms. The van der Waals surface area contributed by atoms with Crippen molar-refractivity contribution < 1.29 is 14.6 Å². The number of halogens is 1. The zero-order valence-electron chi connectivity index (χ0n) is 12.5. The number of benzene rings is 1. The highest BCUT2D eigenvalue weighted by Gasteiger charge is 2.27. The second-order valence-electron chi connectivity index (χ2n) is 5.72. The lowest BCUT2D eigenvalue weighted by Crippen LogP contribution is -2.22. The fourth-order valence-corrected chi connectivity index (χ4v) is 4.74. The normalized spacial score (nSPS) is 19.6. The van der Waals surface area contributed by atoms with Crippen LogP contribution in [0.3, 0.4) is 0 Å². The number of aromatic hydroxyl groups is 1. The van der Waals surface area contributed by atoms with Gasteiger partial charge in [0.05, 0.1) is 23.6 Å². The number of carbonyl (C=O) groups is 1. The minimum atomic E-state index is -0.348. The summed E-state index contributed by atoms with van der Waals surface area (Å²) in [6.07, 6.45) is 2.03. The van der Waals surface area contributed by atoms with Gasteiger partial charge in [-0.05, 0) is 43.3 Å². The maximum atomic E-state index is 12.4. The van der Waals surface area contributed by atoms with Crippen molar-refractivity contribution in [2.45, 2.75) is 25.5 Å². The van der Waals surface area contributed by atoms with Crippen molar-refractivity contribution in [1.82, 2.24) is 4.57 Å². The summed E-state index contributed by atoms with van der Waals surface area (Å²) < 4.78 is 8.66. The van der Waals surface area contributed by atoms with Crippen LogP contribution in [-0.2, 0) is 16.1 Å². The average molecular weight is 425 g/mol. The molecule has 2 aliphatic heterocycles. The lowest BCUT2D eigenvalue weighted by Gasteiger charge is -2.11. The molecule has 0 radical (unpaired) electrons. The number of hydrogen-bond donors (Lipinski definition) is 1. The monoisotopic (exact) mass is 424 g/mol. The molecule has 124 valence electrons. The van der Waals surface area contributed by atoms with Gasteiger partial charge in [0, 0.05) is 16.3 Å². The van der Waals surface area contributed by atoms with Crippen LogP contribution in [-0.4, -0.2) is 28.3 Å². The molecule has 1 saturated heterocycles. The van der Waals surface area contributed by atoms with Gasteiger partial charge in [-0.15, -0.1) is 11.3 Å². The molecule has 2 aromatic rings. The van der Waals surface area contributed by atoms with Gasteiger partial charge in [0.1, 0.15) is 4.88 Å². The molecule has 1 fully saturated rings. The fourth-order valence-electron chi connectivity index (χ4n) is 3.02. The van der Waals surface area contributed by atoms with Gasteiger partial charge < -0.3 is 9.84 Å². The van der Waals surface area contributed by atoms with Crippen molar-refractivity contribution in [1.29, 1.82) is 0 Å². The van der Waals surface area contributed by atoms with E-state index in [9.17, 15) is 9.90 Å². The van der Waals surface area contributed by atoms with Gasteiger partial charge in [0.25, 0.3) is 5.91 Å². The number of hydrogen-bond acceptors (Lipinski definition) is 5. The first-order valence-electron chi connectivity index (χ1n) is 7.52. The second kappa shape index (κ2) is 6.18. The molecule has 5 nitrogen and oxygen atoms in total. The largest absolute Gasteiger partial charge is 0.493 e. The van der Waals surface area contributed by atoms with Gasteiger partial charge in [0.15, 0.2) is 3.95 Å². The van der Waals surface area contributed by atoms with Crippen LogP contribution in [0.1, 0.15) is 17.7 Å². The van der Waals surface area contributed by atoms with Gasteiger partial charge in [-0.3, -0.25) is 9.36 Å². The van der Waals surface area contributed by atoms with E-state index < -0.39 is 0 Å². The maximum absolute atomic E-state index is 12.4. The minimum Gasteiger partial charge on any atom is -0.493 e. The molecule has 1 atom stereocenters. The van der Waals surface area contributed by atoms with E-state index in [0.29, 0.717) is 31.5 Å². The molecule has 1 amide bonds. The highest BCUT2D eigenvalue weighted by Crippen LogP contribution is 2.33. The molecule has 0 saturated carbocycles. The number of amides is 1. The van der Waals surface area contributed by atoms with Crippen molar-refractivity contribution in [3.05, 3.63) is 42.1 Å². The third-order valence-corrected chi connectivity index (χ3v) is 6.12. The molecular formula is C16H13BrN2O3S2. The van der Waals surface area contributed by atoms with Crippen LogP contribution in [0.2, 0.25) is 0 Å². The lowest BCUT2D eigenvalue weighted by atomic mass is 10.1. The summed E-state index contributed by atoms with van der Waals surface area (Å²) in [7, 11) is 0. The topological polar surface area (TPSA) is 63.8 Å². The average Bonchev–Trinajstić information content (AvgIpc) is 3.22. The highest BCUT2D eigenvalue weighted by molar-refractivity contribution is 9.10. The van der Waals surface area contributed by atoms with Crippen molar-refractivity contribution in [2.24, 2.45) is 4.99 Å². The van der Waals surface area contributed by atoms with Crippen molar-refractivity contribution >= 4 is 51.0 Å². The first-order chi connectivity index (χ1) is 11.5. The first-order valence-corrected chi connectivity index (χ1v) is 9.54. The summed E-state index contributed by atoms with van der Waals surface area (Å²) in [5, 5.41) is 12.0. The lowest BCUT2D eigenvalue weighted by molar-refractivity contribution is -0.112. The third-order valence-electron chi connectivity index (χ3n) is 4.17. The van der Waals surface area contributed by atoms with Gasteiger partial charge in [-0.1, -0.05) is 15.9 Å². The number of thiazole rings is 1. The smallest absolute Gasteiger partial charge is 0.279 e. The Hall–Kier alpha value is -1.35. The highest BCUT2D eigenvalue weighted by atomic mass is 79.9. The summed E-state index contributed by atoms with van der Waals surface area (Å²) >= 11 is 10.0. The van der Waals surface area contributed by atoms with E-state index in [1.165, 1.54) is 11.3 Å². The molecular weight excluding hydrogens is 412 g/mol. The predicted octanol–water partition coefficient (Wildman–Crippen LogP) is 2.28. The quantitative estimate of drug-likeness (QED) is 0.767. The van der Waals surface area contributed by atoms with Crippen LogP contribution in [0.4, 0.5) is 0 Å². The van der Waals surface area contributed by atoms with E-state index in [1.54, 1.807) is 10.6 Å². The standard InChI is InChI=1S/C16H13BrN2O3S2/c17-8-3-4-11-10(6-8)12(14(20)18-11)13-15(21)19(16(23)24-13)7-9-2-1-5-22-9/h3-4,6,9,21H,1-2,5,7H2/t9-/m1/s1. The van der Waals surface area contributed by atoms with Crippen molar-refractivity contribution in [3.63, 3.8) is 0 Å². The van der Waals surface area contributed by atoms with Gasteiger partial charge >= 0.3 is 0 Å². The van der Waals surface area contributed by atoms with Crippen LogP contribution in [0, 0.1) is 3.95 Å². The van der Waals surface area contributed by atoms with Crippen LogP contribution in [0.5, 0.6) is 5.88 Å². The minimum absolute atomic E-state index is 0.0203. The SMILES string of the molecule is O=C1N=c2ccc(Br)cc2=C1c1sc(=S)n(C[C@H]2CCCO2)c1O. The van der Waals surface area contributed by atoms with E-state index in [-0.39, 0.29) is 17.9 Å². The van der Waals surface area contributed by atoms with Crippen molar-refractivity contribution in [3.8, 4) is 5.88 Å². The number of aromatic nitrogens is 1. The van der Waals surface area contributed by atoms with Crippen molar-refractivity contribution in [2.75, 3.05) is 6.61 Å². The number of ether oxygens (including phenoxy) is 1. The molecule has 8 heteroatoms. The number of fused-ring (bicyclic) bond motifs is 1. The molecule has 0 spiro atoms. The van der Waals surface area contributed by atoms with Gasteiger partial charge in [-0.25, -0.2) is 4.99 Å². The number of carbonyl (C=O) groups excluding carboxylic acids is 1. The maximum Gasteiger partial charge on any atom is 0.279 e. The Labute approximate surface area is 155 Å². The molecule has 2 aliphatic rings. The molecule has 1 aromatic heterocycles. The van der Waals surface area contributed by atoms with E-state index >= 15 is 0 Å². The molecule has 1 N–H and O–H groups in total. The van der Waals surface area contributed by atoms with E-state index in [2.05, 4.69) is 20.9 Å². The van der Waals surface area contributed by atoms with Crippen LogP contribution < -0.4 is 10.6 Å². The third kappa shape index (κ3) is 2.67. The number of nitrogens with zero attached hydrogens (tertiary/aromatic N) is 2. The van der Waals surface area contributed by atoms with Gasteiger partial charge in [0.2, 0.25) is 5.88 Å². The summed E-state index contributed by atoms with van der Waals surface area (Å²) in [5.41, 5.74) is 0.408. The van der Waals surface area contributed by atoms with Crippen LogP contribution in [0.15, 0.2) is 27.7 Å². The first kappa shape index (κ1) is 16.1. The summed E-state index contributed by atoms with van der Waals surface area (Å²) in [6.45, 7) is 1.25. The molecule has 1 aromatic carbocycles. The Balaban J connectivity index is 1.86. The van der Waals surface area contributed by atoms with E-state index in [0.717, 1.165) is 23.9 Å². The molecule has 3 heterocycles. The zero-order chi connectivity index (χ0) is 16.8. The summed E-state index contributed by atoms with van der Waals surface area (Å²) in [4.78, 5) is 16.9. The predicted molar refractivity (Wildman–Crippen MR) is 96.2 cm³/mol.